The van der Waals surface area contributed by atoms with Gasteiger partial charge in [-0.15, -0.1) is 21.5 Å². The van der Waals surface area contributed by atoms with Crippen molar-refractivity contribution in [1.29, 1.82) is 0 Å². The van der Waals surface area contributed by atoms with Crippen LogP contribution in [0, 0.1) is 0 Å². The molecule has 4 rings (SSSR count). The van der Waals surface area contributed by atoms with Crippen molar-refractivity contribution in [2.75, 3.05) is 0 Å². The molecular formula is C19H19N5O2S. The van der Waals surface area contributed by atoms with E-state index in [4.69, 9.17) is 0 Å². The Balaban J connectivity index is 1.45. The third-order valence-electron chi connectivity index (χ3n) is 4.73. The number of hydrogen-bond donors (Lipinski definition) is 1. The topological polar surface area (TPSA) is 89.8 Å². The zero-order chi connectivity index (χ0) is 18.8. The molecule has 0 spiro atoms. The summed E-state index contributed by atoms with van der Waals surface area (Å²) >= 11 is 1.31. The first-order valence-electron chi connectivity index (χ1n) is 8.84. The maximum absolute atomic E-state index is 12.5. The molecule has 3 aromatic heterocycles. The van der Waals surface area contributed by atoms with E-state index in [1.807, 2.05) is 12.1 Å². The zero-order valence-electron chi connectivity index (χ0n) is 14.9. The molecule has 0 fully saturated rings. The molecule has 1 aliphatic heterocycles. The monoisotopic (exact) mass is 381 g/mol. The lowest BCUT2D eigenvalue weighted by Gasteiger charge is -2.15. The van der Waals surface area contributed by atoms with E-state index < -0.39 is 0 Å². The van der Waals surface area contributed by atoms with Crippen molar-refractivity contribution in [3.63, 3.8) is 0 Å². The minimum atomic E-state index is -0.129. The van der Waals surface area contributed by atoms with Crippen LogP contribution in [0.25, 0.3) is 11.4 Å². The lowest BCUT2D eigenvalue weighted by atomic mass is 10.1. The normalized spacial score (nSPS) is 16.4. The highest BCUT2D eigenvalue weighted by molar-refractivity contribution is 7.12. The molecule has 138 valence electrons. The van der Waals surface area contributed by atoms with Gasteiger partial charge < -0.3 is 9.88 Å². The van der Waals surface area contributed by atoms with Gasteiger partial charge in [0.25, 0.3) is 5.91 Å². The van der Waals surface area contributed by atoms with Crippen LogP contribution in [0.1, 0.15) is 45.6 Å². The van der Waals surface area contributed by atoms with Crippen molar-refractivity contribution in [2.45, 2.75) is 38.8 Å². The Morgan fingerprint density at radius 3 is 2.78 bits per heavy atom. The number of rotatable bonds is 4. The number of thiophene rings is 1. The largest absolute Gasteiger partial charge is 0.349 e. The maximum Gasteiger partial charge on any atom is 0.252 e. The average molecular weight is 381 g/mol. The summed E-state index contributed by atoms with van der Waals surface area (Å²) in [5.74, 6) is 1.63. The summed E-state index contributed by atoms with van der Waals surface area (Å²) in [6.07, 6.45) is 5.85. The quantitative estimate of drug-likeness (QED) is 0.702. The van der Waals surface area contributed by atoms with Crippen LogP contribution >= 0.6 is 11.3 Å². The number of hydrogen-bond acceptors (Lipinski definition) is 6. The Hall–Kier alpha value is -2.87. The summed E-state index contributed by atoms with van der Waals surface area (Å²) in [6, 6.07) is 5.57. The van der Waals surface area contributed by atoms with E-state index in [1.165, 1.54) is 18.3 Å². The molecule has 0 radical (unpaired) electrons. The van der Waals surface area contributed by atoms with Gasteiger partial charge in [0.05, 0.1) is 10.4 Å². The summed E-state index contributed by atoms with van der Waals surface area (Å²) in [7, 11) is 0. The van der Waals surface area contributed by atoms with Crippen LogP contribution in [0.2, 0.25) is 0 Å². The van der Waals surface area contributed by atoms with Gasteiger partial charge in [-0.05, 0) is 38.0 Å². The van der Waals surface area contributed by atoms with Crippen LogP contribution in [0.3, 0.4) is 0 Å². The van der Waals surface area contributed by atoms with Crippen molar-refractivity contribution in [1.82, 2.24) is 25.1 Å². The third kappa shape index (κ3) is 3.66. The Kier molecular flexibility index (Phi) is 4.81. The van der Waals surface area contributed by atoms with Gasteiger partial charge in [0, 0.05) is 42.3 Å². The van der Waals surface area contributed by atoms with Crippen molar-refractivity contribution in [3.8, 4) is 11.4 Å². The summed E-state index contributed by atoms with van der Waals surface area (Å²) < 4.78 is 2.12. The van der Waals surface area contributed by atoms with E-state index in [-0.39, 0.29) is 17.7 Å². The van der Waals surface area contributed by atoms with Crippen LogP contribution in [-0.4, -0.2) is 37.5 Å². The number of aryl methyl sites for hydroxylation is 1. The molecule has 0 bridgehead atoms. The summed E-state index contributed by atoms with van der Waals surface area (Å²) in [6.45, 7) is 2.25. The zero-order valence-corrected chi connectivity index (χ0v) is 15.7. The fourth-order valence-electron chi connectivity index (χ4n) is 3.26. The molecule has 7 nitrogen and oxygen atoms in total. The van der Waals surface area contributed by atoms with Crippen LogP contribution in [0.4, 0.5) is 0 Å². The van der Waals surface area contributed by atoms with Crippen LogP contribution in [0.5, 0.6) is 0 Å². The van der Waals surface area contributed by atoms with Crippen LogP contribution < -0.4 is 5.32 Å². The number of nitrogens with one attached hydrogen (secondary N) is 1. The molecule has 1 aliphatic rings. The van der Waals surface area contributed by atoms with Gasteiger partial charge in [0.2, 0.25) is 0 Å². The summed E-state index contributed by atoms with van der Waals surface area (Å²) in [5.41, 5.74) is 1.53. The van der Waals surface area contributed by atoms with Crippen molar-refractivity contribution >= 4 is 23.0 Å². The number of carbonyl (C=O) groups is 2. The van der Waals surface area contributed by atoms with Crippen LogP contribution in [-0.2, 0) is 13.0 Å². The van der Waals surface area contributed by atoms with E-state index in [0.717, 1.165) is 43.0 Å². The molecule has 3 aromatic rings. The molecule has 1 N–H and O–H groups in total. The van der Waals surface area contributed by atoms with Gasteiger partial charge in [-0.25, -0.2) is 0 Å². The summed E-state index contributed by atoms with van der Waals surface area (Å²) in [4.78, 5) is 28.6. The smallest absolute Gasteiger partial charge is 0.252 e. The highest BCUT2D eigenvalue weighted by Gasteiger charge is 2.23. The molecule has 8 heteroatoms. The van der Waals surface area contributed by atoms with Gasteiger partial charge in [-0.3, -0.25) is 14.6 Å². The molecule has 0 saturated carbocycles. The first kappa shape index (κ1) is 17.5. The second kappa shape index (κ2) is 7.40. The highest BCUT2D eigenvalue weighted by atomic mass is 32.1. The molecule has 27 heavy (non-hydrogen) atoms. The van der Waals surface area contributed by atoms with Gasteiger partial charge in [-0.1, -0.05) is 0 Å². The molecule has 0 aromatic carbocycles. The molecule has 0 aliphatic carbocycles. The van der Waals surface area contributed by atoms with E-state index >= 15 is 0 Å². The fourth-order valence-corrected chi connectivity index (χ4v) is 4.05. The highest BCUT2D eigenvalue weighted by Crippen LogP contribution is 2.23. The van der Waals surface area contributed by atoms with E-state index in [9.17, 15) is 9.59 Å². The van der Waals surface area contributed by atoms with Gasteiger partial charge >= 0.3 is 0 Å². The van der Waals surface area contributed by atoms with Gasteiger partial charge in [0.1, 0.15) is 5.82 Å². The third-order valence-corrected chi connectivity index (χ3v) is 5.76. The minimum absolute atomic E-state index is 0.0184. The van der Waals surface area contributed by atoms with E-state index in [1.54, 1.807) is 23.8 Å². The second-order valence-electron chi connectivity index (χ2n) is 6.58. The van der Waals surface area contributed by atoms with Crippen molar-refractivity contribution in [3.05, 3.63) is 52.2 Å². The van der Waals surface area contributed by atoms with Crippen molar-refractivity contribution in [2.24, 2.45) is 0 Å². The van der Waals surface area contributed by atoms with Gasteiger partial charge in [-0.2, -0.15) is 0 Å². The first-order chi connectivity index (χ1) is 13.1. The standard InChI is InChI=1S/C19H19N5O2S/c1-12(25)16-10-14(11-27-16)19(26)21-15-2-3-17-22-23-18(24(17)9-6-15)13-4-7-20-8-5-13/h4-5,7-8,10-11,15H,2-3,6,9H2,1H3,(H,21,26). The number of Topliss-reactive ketones (excluding diaryl/α,β-unsaturated/α-hetero) is 1. The molecule has 0 saturated heterocycles. The fraction of sp³-hybridized carbons (Fsp3) is 0.316. The molecule has 1 unspecified atom stereocenters. The number of ketones is 1. The number of nitrogens with zero attached hydrogens (tertiary/aromatic N) is 4. The van der Waals surface area contributed by atoms with E-state index in [0.29, 0.717) is 10.4 Å². The Bertz CT molecular complexity index is 979. The SMILES string of the molecule is CC(=O)c1cc(C(=O)NC2CCc3nnc(-c4ccncc4)n3CC2)cs1. The van der Waals surface area contributed by atoms with Crippen LogP contribution in [0.15, 0.2) is 36.0 Å². The number of aromatic nitrogens is 4. The predicted octanol–water partition coefficient (Wildman–Crippen LogP) is 2.74. The number of fused-ring (bicyclic) bond motifs is 1. The Morgan fingerprint density at radius 2 is 2.04 bits per heavy atom. The lowest BCUT2D eigenvalue weighted by Crippen LogP contribution is -2.35. The predicted molar refractivity (Wildman–Crippen MR) is 102 cm³/mol. The Labute approximate surface area is 160 Å². The molecule has 4 heterocycles. The first-order valence-corrected chi connectivity index (χ1v) is 9.72. The summed E-state index contributed by atoms with van der Waals surface area (Å²) in [5, 5.41) is 13.5. The number of amides is 1. The number of pyridine rings is 1. The average Bonchev–Trinajstić information content (AvgIpc) is 3.28. The lowest BCUT2D eigenvalue weighted by molar-refractivity contribution is 0.0933. The molecule has 1 amide bonds. The number of carbonyl (C=O) groups excluding carboxylic acids is 2. The minimum Gasteiger partial charge on any atom is -0.349 e. The van der Waals surface area contributed by atoms with Crippen molar-refractivity contribution < 1.29 is 9.59 Å². The molecular weight excluding hydrogens is 362 g/mol. The van der Waals surface area contributed by atoms with E-state index in [2.05, 4.69) is 25.1 Å². The maximum atomic E-state index is 12.5. The molecule has 1 atom stereocenters. The van der Waals surface area contributed by atoms with Gasteiger partial charge in [0.15, 0.2) is 11.6 Å². The second-order valence-corrected chi connectivity index (χ2v) is 7.49. The Morgan fingerprint density at radius 1 is 1.22 bits per heavy atom.